The summed E-state index contributed by atoms with van der Waals surface area (Å²) in [6, 6.07) is 12.7. The lowest BCUT2D eigenvalue weighted by molar-refractivity contribution is 0.285. The minimum Gasteiger partial charge on any atom is -0.465 e. The van der Waals surface area contributed by atoms with Gasteiger partial charge in [0, 0.05) is 13.1 Å². The van der Waals surface area contributed by atoms with Crippen LogP contribution in [0.1, 0.15) is 22.6 Å². The highest BCUT2D eigenvalue weighted by Crippen LogP contribution is 2.12. The fraction of sp³-hybridized carbons (Fsp3) is 0.375. The topological polar surface area (TPSA) is 28.4 Å². The van der Waals surface area contributed by atoms with E-state index in [1.54, 1.807) is 0 Å². The van der Waals surface area contributed by atoms with E-state index in [1.807, 2.05) is 26.1 Å². The van der Waals surface area contributed by atoms with E-state index in [1.165, 1.54) is 11.1 Å². The first kappa shape index (κ1) is 13.8. The maximum Gasteiger partial charge on any atom is 0.118 e. The Balaban J connectivity index is 1.94. The van der Waals surface area contributed by atoms with Crippen molar-refractivity contribution in [3.8, 4) is 0 Å². The van der Waals surface area contributed by atoms with Crippen LogP contribution in [0.2, 0.25) is 0 Å². The van der Waals surface area contributed by atoms with Gasteiger partial charge in [0.15, 0.2) is 0 Å². The van der Waals surface area contributed by atoms with Crippen molar-refractivity contribution < 1.29 is 4.42 Å². The van der Waals surface area contributed by atoms with Gasteiger partial charge in [-0.2, -0.15) is 0 Å². The molecule has 1 N–H and O–H groups in total. The number of benzene rings is 1. The van der Waals surface area contributed by atoms with E-state index in [9.17, 15) is 0 Å². The Hall–Kier alpha value is -1.58. The second-order valence-electron chi connectivity index (χ2n) is 5.03. The lowest BCUT2D eigenvalue weighted by atomic mass is 10.1. The van der Waals surface area contributed by atoms with Crippen LogP contribution in [0.15, 0.2) is 40.8 Å². The number of furan rings is 1. The van der Waals surface area contributed by atoms with Crippen LogP contribution in [0.25, 0.3) is 0 Å². The van der Waals surface area contributed by atoms with E-state index >= 15 is 0 Å². The van der Waals surface area contributed by atoms with Gasteiger partial charge < -0.3 is 9.73 Å². The number of rotatable bonds is 6. The molecule has 19 heavy (non-hydrogen) atoms. The lowest BCUT2D eigenvalue weighted by Gasteiger charge is -2.15. The molecule has 0 radical (unpaired) electrons. The molecule has 0 aliphatic carbocycles. The molecular weight excluding hydrogens is 236 g/mol. The molecule has 1 aromatic carbocycles. The van der Waals surface area contributed by atoms with Gasteiger partial charge in [-0.25, -0.2) is 0 Å². The van der Waals surface area contributed by atoms with E-state index in [0.717, 1.165) is 31.2 Å². The maximum absolute atomic E-state index is 5.60. The lowest BCUT2D eigenvalue weighted by Crippen LogP contribution is -2.17. The van der Waals surface area contributed by atoms with Gasteiger partial charge in [0.25, 0.3) is 0 Å². The van der Waals surface area contributed by atoms with Gasteiger partial charge in [-0.15, -0.1) is 0 Å². The first-order valence-corrected chi connectivity index (χ1v) is 6.63. The molecular formula is C16H22N2O. The Morgan fingerprint density at radius 3 is 2.58 bits per heavy atom. The summed E-state index contributed by atoms with van der Waals surface area (Å²) in [5, 5.41) is 3.18. The Labute approximate surface area is 115 Å². The fourth-order valence-corrected chi connectivity index (χ4v) is 2.25. The van der Waals surface area contributed by atoms with Gasteiger partial charge >= 0.3 is 0 Å². The zero-order valence-electron chi connectivity index (χ0n) is 11.9. The van der Waals surface area contributed by atoms with Crippen LogP contribution < -0.4 is 5.32 Å². The van der Waals surface area contributed by atoms with Crippen LogP contribution in [0.5, 0.6) is 0 Å². The highest BCUT2D eigenvalue weighted by atomic mass is 16.3. The third kappa shape index (κ3) is 4.23. The monoisotopic (exact) mass is 258 g/mol. The fourth-order valence-electron chi connectivity index (χ4n) is 2.25. The molecule has 3 nitrogen and oxygen atoms in total. The smallest absolute Gasteiger partial charge is 0.118 e. The summed E-state index contributed by atoms with van der Waals surface area (Å²) < 4.78 is 5.60. The van der Waals surface area contributed by atoms with Crippen molar-refractivity contribution in [3.05, 3.63) is 59.0 Å². The van der Waals surface area contributed by atoms with Crippen molar-refractivity contribution in [2.24, 2.45) is 0 Å². The number of hydrogen-bond acceptors (Lipinski definition) is 3. The molecule has 0 amide bonds. The Bertz CT molecular complexity index is 519. The van der Waals surface area contributed by atoms with Crippen molar-refractivity contribution >= 4 is 0 Å². The Morgan fingerprint density at radius 2 is 1.89 bits per heavy atom. The molecule has 0 saturated carbocycles. The van der Waals surface area contributed by atoms with E-state index in [4.69, 9.17) is 4.42 Å². The second-order valence-corrected chi connectivity index (χ2v) is 5.03. The van der Waals surface area contributed by atoms with Gasteiger partial charge in [0.05, 0.1) is 6.54 Å². The van der Waals surface area contributed by atoms with Crippen LogP contribution in [-0.2, 0) is 19.6 Å². The largest absolute Gasteiger partial charge is 0.465 e. The SMILES string of the molecule is CNCc1cccc(CN(C)Cc2ccc(C)o2)c1. The summed E-state index contributed by atoms with van der Waals surface area (Å²) in [7, 11) is 4.08. The van der Waals surface area contributed by atoms with Crippen molar-refractivity contribution in [3.63, 3.8) is 0 Å². The average molecular weight is 258 g/mol. The molecule has 0 saturated heterocycles. The summed E-state index contributed by atoms with van der Waals surface area (Å²) in [5.41, 5.74) is 2.65. The predicted molar refractivity (Wildman–Crippen MR) is 77.8 cm³/mol. The van der Waals surface area contributed by atoms with E-state index < -0.39 is 0 Å². The summed E-state index contributed by atoms with van der Waals surface area (Å²) in [4.78, 5) is 2.26. The van der Waals surface area contributed by atoms with Crippen LogP contribution in [-0.4, -0.2) is 19.0 Å². The number of nitrogens with zero attached hydrogens (tertiary/aromatic N) is 1. The van der Waals surface area contributed by atoms with Gasteiger partial charge in [-0.1, -0.05) is 24.3 Å². The molecule has 0 spiro atoms. The highest BCUT2D eigenvalue weighted by Gasteiger charge is 2.05. The molecule has 2 rings (SSSR count). The minimum atomic E-state index is 0.837. The summed E-state index contributed by atoms with van der Waals surface area (Å²) >= 11 is 0. The molecule has 2 aromatic rings. The zero-order chi connectivity index (χ0) is 13.7. The minimum absolute atomic E-state index is 0.837. The molecule has 1 heterocycles. The average Bonchev–Trinajstić information content (AvgIpc) is 2.75. The quantitative estimate of drug-likeness (QED) is 0.863. The predicted octanol–water partition coefficient (Wildman–Crippen LogP) is 2.94. The number of hydrogen-bond donors (Lipinski definition) is 1. The van der Waals surface area contributed by atoms with Crippen molar-refractivity contribution in [1.82, 2.24) is 10.2 Å². The van der Waals surface area contributed by atoms with Crippen molar-refractivity contribution in [2.45, 2.75) is 26.6 Å². The van der Waals surface area contributed by atoms with Crippen LogP contribution in [0, 0.1) is 6.92 Å². The summed E-state index contributed by atoms with van der Waals surface area (Å²) in [5.74, 6) is 1.99. The molecule has 1 aromatic heterocycles. The van der Waals surface area contributed by atoms with Crippen molar-refractivity contribution in [2.75, 3.05) is 14.1 Å². The molecule has 3 heteroatoms. The van der Waals surface area contributed by atoms with Crippen LogP contribution in [0.4, 0.5) is 0 Å². The Morgan fingerprint density at radius 1 is 1.11 bits per heavy atom. The summed E-state index contributed by atoms with van der Waals surface area (Å²) in [6.07, 6.45) is 0. The van der Waals surface area contributed by atoms with Gasteiger partial charge in [0.2, 0.25) is 0 Å². The van der Waals surface area contributed by atoms with E-state index in [0.29, 0.717) is 0 Å². The highest BCUT2D eigenvalue weighted by molar-refractivity contribution is 5.23. The molecule has 0 fully saturated rings. The third-order valence-corrected chi connectivity index (χ3v) is 3.05. The molecule has 0 aliphatic rings. The van der Waals surface area contributed by atoms with Gasteiger partial charge in [-0.05, 0) is 44.3 Å². The van der Waals surface area contributed by atoms with E-state index in [-0.39, 0.29) is 0 Å². The molecule has 0 atom stereocenters. The van der Waals surface area contributed by atoms with Crippen molar-refractivity contribution in [1.29, 1.82) is 0 Å². The maximum atomic E-state index is 5.60. The number of nitrogens with one attached hydrogen (secondary N) is 1. The third-order valence-electron chi connectivity index (χ3n) is 3.05. The first-order chi connectivity index (χ1) is 9.17. The summed E-state index contributed by atoms with van der Waals surface area (Å²) in [6.45, 7) is 4.65. The molecule has 102 valence electrons. The Kier molecular flexibility index (Phi) is 4.77. The second kappa shape index (κ2) is 6.55. The van der Waals surface area contributed by atoms with Crippen LogP contribution >= 0.6 is 0 Å². The zero-order valence-corrected chi connectivity index (χ0v) is 11.9. The van der Waals surface area contributed by atoms with Gasteiger partial charge in [-0.3, -0.25) is 4.90 Å². The number of aryl methyl sites for hydroxylation is 1. The molecule has 0 aliphatic heterocycles. The standard InChI is InChI=1S/C16H22N2O/c1-13-7-8-16(19-13)12-18(3)11-15-6-4-5-14(9-15)10-17-2/h4-9,17H,10-12H2,1-3H3. The normalized spacial score (nSPS) is 11.2. The van der Waals surface area contributed by atoms with Crippen LogP contribution in [0.3, 0.4) is 0 Å². The molecule has 0 unspecified atom stereocenters. The van der Waals surface area contributed by atoms with Gasteiger partial charge in [0.1, 0.15) is 11.5 Å². The molecule has 0 bridgehead atoms. The first-order valence-electron chi connectivity index (χ1n) is 6.63. The van der Waals surface area contributed by atoms with E-state index in [2.05, 4.69) is 41.5 Å².